The highest BCUT2D eigenvalue weighted by molar-refractivity contribution is 5.91. The third kappa shape index (κ3) is 2.04. The van der Waals surface area contributed by atoms with Crippen LogP contribution in [0.4, 0.5) is 0 Å². The Morgan fingerprint density at radius 1 is 1.13 bits per heavy atom. The summed E-state index contributed by atoms with van der Waals surface area (Å²) < 4.78 is 0. The average Bonchev–Trinajstić information content (AvgIpc) is 2.30. The molecule has 0 aliphatic rings. The van der Waals surface area contributed by atoms with Crippen LogP contribution in [0.2, 0.25) is 0 Å². The van der Waals surface area contributed by atoms with E-state index in [4.69, 9.17) is 0 Å². The van der Waals surface area contributed by atoms with Gasteiger partial charge in [0.2, 0.25) is 0 Å². The molecule has 1 aromatic heterocycles. The lowest BCUT2D eigenvalue weighted by Gasteiger charge is -1.98. The molecule has 74 valence electrons. The Hall–Kier alpha value is -2.10. The summed E-state index contributed by atoms with van der Waals surface area (Å²) in [4.78, 5) is 15.0. The summed E-state index contributed by atoms with van der Waals surface area (Å²) >= 11 is 0. The number of hydrogen-bond acceptors (Lipinski definition) is 4. The van der Waals surface area contributed by atoms with Gasteiger partial charge in [0.25, 0.3) is 0 Å². The van der Waals surface area contributed by atoms with Gasteiger partial charge in [0.1, 0.15) is 5.69 Å². The lowest BCUT2D eigenvalue weighted by molar-refractivity contribution is 0.101. The van der Waals surface area contributed by atoms with Gasteiger partial charge in [-0.2, -0.15) is 0 Å². The van der Waals surface area contributed by atoms with Crippen molar-refractivity contribution in [2.75, 3.05) is 0 Å². The highest BCUT2D eigenvalue weighted by Crippen LogP contribution is 2.11. The normalized spacial score (nSPS) is 9.93. The fraction of sp³-hybridized carbons (Fsp3) is 0.0909. The lowest BCUT2D eigenvalue weighted by atomic mass is 10.2. The van der Waals surface area contributed by atoms with E-state index in [-0.39, 0.29) is 11.5 Å². The van der Waals surface area contributed by atoms with Crippen LogP contribution in [0, 0.1) is 0 Å². The first-order valence-corrected chi connectivity index (χ1v) is 4.53. The number of nitrogens with zero attached hydrogens (tertiary/aromatic N) is 3. The van der Waals surface area contributed by atoms with Gasteiger partial charge in [0, 0.05) is 12.5 Å². The van der Waals surface area contributed by atoms with E-state index < -0.39 is 0 Å². The predicted molar refractivity (Wildman–Crippen MR) is 55.3 cm³/mol. The Kier molecular flexibility index (Phi) is 2.49. The standard InChI is InChI=1S/C11H9N3O/c1-8(15)10-7-12-11(14-13-10)9-5-3-2-4-6-9/h2-7H,1H3. The van der Waals surface area contributed by atoms with Gasteiger partial charge in [0.15, 0.2) is 11.6 Å². The molecule has 0 spiro atoms. The van der Waals surface area contributed by atoms with Crippen LogP contribution in [0.5, 0.6) is 0 Å². The fourth-order valence-electron chi connectivity index (χ4n) is 1.16. The van der Waals surface area contributed by atoms with Crippen LogP contribution < -0.4 is 0 Å². The molecule has 4 nitrogen and oxygen atoms in total. The molecular weight excluding hydrogens is 190 g/mol. The van der Waals surface area contributed by atoms with Crippen LogP contribution in [0.15, 0.2) is 36.5 Å². The van der Waals surface area contributed by atoms with Crippen LogP contribution in [0.3, 0.4) is 0 Å². The maximum atomic E-state index is 11.0. The monoisotopic (exact) mass is 199 g/mol. The van der Waals surface area contributed by atoms with E-state index in [0.717, 1.165) is 5.56 Å². The summed E-state index contributed by atoms with van der Waals surface area (Å²) in [7, 11) is 0. The number of rotatable bonds is 2. The zero-order chi connectivity index (χ0) is 10.7. The molecule has 0 amide bonds. The first kappa shape index (κ1) is 9.45. The van der Waals surface area contributed by atoms with Crippen molar-refractivity contribution >= 4 is 5.78 Å². The molecule has 1 heterocycles. The fourth-order valence-corrected chi connectivity index (χ4v) is 1.16. The second kappa shape index (κ2) is 3.96. The summed E-state index contributed by atoms with van der Waals surface area (Å²) in [6.45, 7) is 1.44. The van der Waals surface area contributed by atoms with Crippen LogP contribution >= 0.6 is 0 Å². The minimum atomic E-state index is -0.130. The van der Waals surface area contributed by atoms with Gasteiger partial charge in [0.05, 0.1) is 6.20 Å². The Morgan fingerprint density at radius 3 is 2.40 bits per heavy atom. The highest BCUT2D eigenvalue weighted by atomic mass is 16.1. The number of carbonyl (C=O) groups excluding carboxylic acids is 1. The minimum Gasteiger partial charge on any atom is -0.293 e. The average molecular weight is 199 g/mol. The second-order valence-electron chi connectivity index (χ2n) is 3.09. The summed E-state index contributed by atoms with van der Waals surface area (Å²) in [5, 5.41) is 7.68. The van der Waals surface area contributed by atoms with Gasteiger partial charge in [-0.3, -0.25) is 4.79 Å². The van der Waals surface area contributed by atoms with Gasteiger partial charge in [-0.1, -0.05) is 30.3 Å². The van der Waals surface area contributed by atoms with Gasteiger partial charge < -0.3 is 0 Å². The van der Waals surface area contributed by atoms with E-state index in [0.29, 0.717) is 5.82 Å². The molecule has 0 aliphatic heterocycles. The van der Waals surface area contributed by atoms with E-state index in [1.807, 2.05) is 30.3 Å². The van der Waals surface area contributed by atoms with Crippen LogP contribution in [-0.2, 0) is 0 Å². The van der Waals surface area contributed by atoms with Gasteiger partial charge in [-0.25, -0.2) is 4.98 Å². The summed E-state index contributed by atoms with van der Waals surface area (Å²) in [6, 6.07) is 9.50. The number of ketones is 1. The van der Waals surface area contributed by atoms with Crippen LogP contribution in [-0.4, -0.2) is 21.0 Å². The van der Waals surface area contributed by atoms with Crippen molar-refractivity contribution in [3.8, 4) is 11.4 Å². The van der Waals surface area contributed by atoms with E-state index in [1.54, 1.807) is 0 Å². The quantitative estimate of drug-likeness (QED) is 0.691. The van der Waals surface area contributed by atoms with E-state index in [2.05, 4.69) is 15.2 Å². The number of carbonyl (C=O) groups is 1. The van der Waals surface area contributed by atoms with Crippen LogP contribution in [0.25, 0.3) is 11.4 Å². The molecule has 0 aliphatic carbocycles. The van der Waals surface area contributed by atoms with Crippen LogP contribution in [0.1, 0.15) is 17.4 Å². The molecule has 0 fully saturated rings. The maximum Gasteiger partial charge on any atom is 0.181 e. The predicted octanol–water partition coefficient (Wildman–Crippen LogP) is 1.74. The summed E-state index contributed by atoms with van der Waals surface area (Å²) in [5.41, 5.74) is 1.18. The Labute approximate surface area is 87.0 Å². The first-order valence-electron chi connectivity index (χ1n) is 4.53. The Balaban J connectivity index is 2.36. The molecule has 2 rings (SSSR count). The van der Waals surface area contributed by atoms with E-state index in [9.17, 15) is 4.79 Å². The molecule has 0 radical (unpaired) electrons. The van der Waals surface area contributed by atoms with Crippen molar-refractivity contribution in [3.63, 3.8) is 0 Å². The maximum absolute atomic E-state index is 11.0. The van der Waals surface area contributed by atoms with Gasteiger partial charge in [-0.15, -0.1) is 10.2 Å². The van der Waals surface area contributed by atoms with Crippen molar-refractivity contribution in [1.82, 2.24) is 15.2 Å². The largest absolute Gasteiger partial charge is 0.293 e. The first-order chi connectivity index (χ1) is 7.27. The lowest BCUT2D eigenvalue weighted by Crippen LogP contribution is -2.01. The topological polar surface area (TPSA) is 55.7 Å². The number of Topliss-reactive ketones (excluding diaryl/α,β-unsaturated/α-hetero) is 1. The Bertz CT molecular complexity index is 465. The zero-order valence-electron chi connectivity index (χ0n) is 8.21. The van der Waals surface area contributed by atoms with Gasteiger partial charge >= 0.3 is 0 Å². The molecule has 0 bridgehead atoms. The minimum absolute atomic E-state index is 0.130. The number of benzene rings is 1. The molecule has 15 heavy (non-hydrogen) atoms. The van der Waals surface area contributed by atoms with Crippen molar-refractivity contribution in [1.29, 1.82) is 0 Å². The molecule has 4 heteroatoms. The number of aromatic nitrogens is 3. The molecule has 0 atom stereocenters. The van der Waals surface area contributed by atoms with Crippen molar-refractivity contribution in [3.05, 3.63) is 42.2 Å². The van der Waals surface area contributed by atoms with E-state index >= 15 is 0 Å². The second-order valence-corrected chi connectivity index (χ2v) is 3.09. The van der Waals surface area contributed by atoms with Crippen molar-refractivity contribution < 1.29 is 4.79 Å². The van der Waals surface area contributed by atoms with Crippen molar-refractivity contribution in [2.24, 2.45) is 0 Å². The summed E-state index contributed by atoms with van der Waals surface area (Å²) in [5.74, 6) is 0.398. The zero-order valence-corrected chi connectivity index (χ0v) is 8.21. The smallest absolute Gasteiger partial charge is 0.181 e. The molecule has 0 saturated carbocycles. The Morgan fingerprint density at radius 2 is 1.87 bits per heavy atom. The van der Waals surface area contributed by atoms with Gasteiger partial charge in [-0.05, 0) is 0 Å². The van der Waals surface area contributed by atoms with E-state index in [1.165, 1.54) is 13.1 Å². The third-order valence-corrected chi connectivity index (χ3v) is 1.95. The summed E-state index contributed by atoms with van der Waals surface area (Å²) in [6.07, 6.45) is 1.44. The molecule has 0 unspecified atom stereocenters. The molecule has 1 aromatic carbocycles. The van der Waals surface area contributed by atoms with Crippen molar-refractivity contribution in [2.45, 2.75) is 6.92 Å². The highest BCUT2D eigenvalue weighted by Gasteiger charge is 2.04. The molecule has 2 aromatic rings. The third-order valence-electron chi connectivity index (χ3n) is 1.95. The SMILES string of the molecule is CC(=O)c1cnc(-c2ccccc2)nn1. The molecule has 0 saturated heterocycles. The molecule has 0 N–H and O–H groups in total. The molecular formula is C11H9N3O. The number of hydrogen-bond donors (Lipinski definition) is 0.